The lowest BCUT2D eigenvalue weighted by atomic mass is 9.89. The number of benzene rings is 1. The van der Waals surface area contributed by atoms with Crippen molar-refractivity contribution in [3.05, 3.63) is 35.4 Å². The summed E-state index contributed by atoms with van der Waals surface area (Å²) >= 11 is 0. The Bertz CT molecular complexity index is 453. The van der Waals surface area contributed by atoms with Crippen LogP contribution in [0.2, 0.25) is 0 Å². The molecule has 1 aromatic carbocycles. The SMILES string of the molecule is CCN1C(=O)CCC(N)C1c1ccc(CC(C)C)cc1. The van der Waals surface area contributed by atoms with Crippen LogP contribution in [0, 0.1) is 5.92 Å². The average molecular weight is 274 g/mol. The Kier molecular flexibility index (Phi) is 4.81. The van der Waals surface area contributed by atoms with E-state index in [0.29, 0.717) is 12.3 Å². The standard InChI is InChI=1S/C17H26N2O/c1-4-19-16(20)10-9-15(18)17(19)14-7-5-13(6-8-14)11-12(2)3/h5-8,12,15,17H,4,9-11,18H2,1-3H3. The van der Waals surface area contributed by atoms with Crippen LogP contribution in [-0.2, 0) is 11.2 Å². The molecule has 1 fully saturated rings. The number of carbonyl (C=O) groups excluding carboxylic acids is 1. The zero-order valence-electron chi connectivity index (χ0n) is 12.8. The summed E-state index contributed by atoms with van der Waals surface area (Å²) in [6, 6.07) is 8.72. The summed E-state index contributed by atoms with van der Waals surface area (Å²) in [5.74, 6) is 0.886. The molecule has 2 atom stereocenters. The third-order valence-corrected chi connectivity index (χ3v) is 4.06. The van der Waals surface area contributed by atoms with E-state index in [1.54, 1.807) is 0 Å². The van der Waals surface area contributed by atoms with E-state index in [4.69, 9.17) is 5.73 Å². The molecule has 0 aromatic heterocycles. The summed E-state index contributed by atoms with van der Waals surface area (Å²) in [5, 5.41) is 0. The van der Waals surface area contributed by atoms with Crippen LogP contribution in [0.4, 0.5) is 0 Å². The van der Waals surface area contributed by atoms with Gasteiger partial charge in [0, 0.05) is 19.0 Å². The number of hydrogen-bond acceptors (Lipinski definition) is 2. The number of carbonyl (C=O) groups is 1. The number of amides is 1. The third kappa shape index (κ3) is 3.21. The number of hydrogen-bond donors (Lipinski definition) is 1. The first-order valence-corrected chi connectivity index (χ1v) is 7.66. The zero-order chi connectivity index (χ0) is 14.7. The van der Waals surface area contributed by atoms with Crippen molar-refractivity contribution in [2.75, 3.05) is 6.54 Å². The van der Waals surface area contributed by atoms with E-state index < -0.39 is 0 Å². The van der Waals surface area contributed by atoms with Gasteiger partial charge in [-0.2, -0.15) is 0 Å². The van der Waals surface area contributed by atoms with Gasteiger partial charge in [-0.1, -0.05) is 38.1 Å². The van der Waals surface area contributed by atoms with Crippen LogP contribution >= 0.6 is 0 Å². The number of nitrogens with zero attached hydrogens (tertiary/aromatic N) is 1. The lowest BCUT2D eigenvalue weighted by Gasteiger charge is -2.39. The molecule has 1 aliphatic rings. The van der Waals surface area contributed by atoms with Gasteiger partial charge in [-0.15, -0.1) is 0 Å². The van der Waals surface area contributed by atoms with Crippen LogP contribution in [-0.4, -0.2) is 23.4 Å². The topological polar surface area (TPSA) is 46.3 Å². The Hall–Kier alpha value is -1.35. The molecule has 1 aromatic rings. The average Bonchev–Trinajstić information content (AvgIpc) is 2.41. The molecular weight excluding hydrogens is 248 g/mol. The Morgan fingerprint density at radius 2 is 1.95 bits per heavy atom. The largest absolute Gasteiger partial charge is 0.334 e. The molecule has 0 bridgehead atoms. The maximum absolute atomic E-state index is 12.0. The van der Waals surface area contributed by atoms with Crippen molar-refractivity contribution in [1.82, 2.24) is 4.90 Å². The molecule has 2 N–H and O–H groups in total. The minimum absolute atomic E-state index is 0.0364. The first-order valence-electron chi connectivity index (χ1n) is 7.66. The Labute approximate surface area is 122 Å². The van der Waals surface area contributed by atoms with Crippen molar-refractivity contribution in [3.63, 3.8) is 0 Å². The van der Waals surface area contributed by atoms with E-state index in [1.807, 2.05) is 11.8 Å². The molecule has 0 spiro atoms. The van der Waals surface area contributed by atoms with Crippen molar-refractivity contribution in [1.29, 1.82) is 0 Å². The highest BCUT2D eigenvalue weighted by molar-refractivity contribution is 5.77. The molecule has 3 heteroatoms. The van der Waals surface area contributed by atoms with Gasteiger partial charge in [0.05, 0.1) is 6.04 Å². The van der Waals surface area contributed by atoms with Crippen molar-refractivity contribution in [2.24, 2.45) is 11.7 Å². The normalized spacial score (nSPS) is 23.4. The molecule has 0 saturated carbocycles. The molecule has 1 amide bonds. The van der Waals surface area contributed by atoms with Crippen LogP contribution in [0.1, 0.15) is 50.8 Å². The number of likely N-dealkylation sites (N-methyl/N-ethyl adjacent to an activating group) is 1. The molecule has 1 aliphatic heterocycles. The highest BCUT2D eigenvalue weighted by Crippen LogP contribution is 2.30. The zero-order valence-corrected chi connectivity index (χ0v) is 12.8. The number of nitrogens with two attached hydrogens (primary N) is 1. The third-order valence-electron chi connectivity index (χ3n) is 4.06. The molecule has 2 unspecified atom stereocenters. The minimum atomic E-state index is 0.0364. The summed E-state index contributed by atoms with van der Waals surface area (Å²) in [6.07, 6.45) is 2.46. The first-order chi connectivity index (χ1) is 9.52. The minimum Gasteiger partial charge on any atom is -0.334 e. The monoisotopic (exact) mass is 274 g/mol. The van der Waals surface area contributed by atoms with Crippen LogP contribution in [0.15, 0.2) is 24.3 Å². The van der Waals surface area contributed by atoms with Crippen LogP contribution in [0.3, 0.4) is 0 Å². The van der Waals surface area contributed by atoms with Gasteiger partial charge in [-0.05, 0) is 36.8 Å². The van der Waals surface area contributed by atoms with E-state index in [2.05, 4.69) is 38.1 Å². The second kappa shape index (κ2) is 6.40. The summed E-state index contributed by atoms with van der Waals surface area (Å²) in [7, 11) is 0. The van der Waals surface area contributed by atoms with Crippen LogP contribution in [0.25, 0.3) is 0 Å². The molecule has 0 aliphatic carbocycles. The highest BCUT2D eigenvalue weighted by atomic mass is 16.2. The van der Waals surface area contributed by atoms with E-state index in [0.717, 1.165) is 19.4 Å². The van der Waals surface area contributed by atoms with E-state index in [9.17, 15) is 4.79 Å². The molecule has 0 radical (unpaired) electrons. The van der Waals surface area contributed by atoms with Crippen LogP contribution < -0.4 is 5.73 Å². The first kappa shape index (κ1) is 15.0. The fourth-order valence-electron chi connectivity index (χ4n) is 3.10. The van der Waals surface area contributed by atoms with Gasteiger partial charge in [0.2, 0.25) is 5.91 Å². The van der Waals surface area contributed by atoms with Crippen molar-refractivity contribution in [3.8, 4) is 0 Å². The fourth-order valence-corrected chi connectivity index (χ4v) is 3.10. The van der Waals surface area contributed by atoms with E-state index >= 15 is 0 Å². The molecule has 1 heterocycles. The molecule has 20 heavy (non-hydrogen) atoms. The maximum atomic E-state index is 12.0. The van der Waals surface area contributed by atoms with Crippen molar-refractivity contribution >= 4 is 5.91 Å². The molecule has 2 rings (SSSR count). The van der Waals surface area contributed by atoms with Crippen LogP contribution in [0.5, 0.6) is 0 Å². The number of likely N-dealkylation sites (tertiary alicyclic amines) is 1. The molecular formula is C17H26N2O. The smallest absolute Gasteiger partial charge is 0.223 e. The summed E-state index contributed by atoms with van der Waals surface area (Å²) in [5.41, 5.74) is 8.78. The van der Waals surface area contributed by atoms with Gasteiger partial charge < -0.3 is 10.6 Å². The van der Waals surface area contributed by atoms with Gasteiger partial charge in [-0.3, -0.25) is 4.79 Å². The highest BCUT2D eigenvalue weighted by Gasteiger charge is 2.33. The second-order valence-corrected chi connectivity index (χ2v) is 6.17. The van der Waals surface area contributed by atoms with Gasteiger partial charge in [0.25, 0.3) is 0 Å². The molecule has 3 nitrogen and oxygen atoms in total. The lowest BCUT2D eigenvalue weighted by molar-refractivity contribution is -0.137. The predicted molar refractivity (Wildman–Crippen MR) is 82.3 cm³/mol. The second-order valence-electron chi connectivity index (χ2n) is 6.17. The van der Waals surface area contributed by atoms with Gasteiger partial charge in [0.15, 0.2) is 0 Å². The molecule has 1 saturated heterocycles. The lowest BCUT2D eigenvalue weighted by Crippen LogP contribution is -2.48. The van der Waals surface area contributed by atoms with Crippen molar-refractivity contribution < 1.29 is 4.79 Å². The van der Waals surface area contributed by atoms with Gasteiger partial charge in [0.1, 0.15) is 0 Å². The molecule has 110 valence electrons. The summed E-state index contributed by atoms with van der Waals surface area (Å²) in [6.45, 7) is 7.20. The number of piperidine rings is 1. The maximum Gasteiger partial charge on any atom is 0.223 e. The Balaban J connectivity index is 2.21. The summed E-state index contributed by atoms with van der Waals surface area (Å²) < 4.78 is 0. The fraction of sp³-hybridized carbons (Fsp3) is 0.588. The number of rotatable bonds is 4. The van der Waals surface area contributed by atoms with Gasteiger partial charge in [-0.25, -0.2) is 0 Å². The predicted octanol–water partition coefficient (Wildman–Crippen LogP) is 2.90. The van der Waals surface area contributed by atoms with Gasteiger partial charge >= 0.3 is 0 Å². The van der Waals surface area contributed by atoms with Crippen molar-refractivity contribution in [2.45, 2.75) is 52.1 Å². The van der Waals surface area contributed by atoms with E-state index in [-0.39, 0.29) is 18.0 Å². The quantitative estimate of drug-likeness (QED) is 0.917. The van der Waals surface area contributed by atoms with E-state index in [1.165, 1.54) is 11.1 Å². The Morgan fingerprint density at radius 1 is 1.30 bits per heavy atom. The summed E-state index contributed by atoms with van der Waals surface area (Å²) in [4.78, 5) is 14.0. The Morgan fingerprint density at radius 3 is 2.50 bits per heavy atom.